The van der Waals surface area contributed by atoms with Crippen LogP contribution in [0.5, 0.6) is 11.5 Å². The molecule has 0 saturated heterocycles. The molecule has 1 aliphatic heterocycles. The number of aldehydes is 1. The van der Waals surface area contributed by atoms with Crippen LogP contribution >= 0.6 is 0 Å². The van der Waals surface area contributed by atoms with Gasteiger partial charge in [-0.1, -0.05) is 39.0 Å². The van der Waals surface area contributed by atoms with Gasteiger partial charge in [-0.25, -0.2) is 0 Å². The van der Waals surface area contributed by atoms with Crippen LogP contribution in [0.25, 0.3) is 0 Å². The lowest BCUT2D eigenvalue weighted by Crippen LogP contribution is -2.56. The fraction of sp³-hybridized carbons (Fsp3) is 0.621. The first-order valence-electron chi connectivity index (χ1n) is 13.9. The van der Waals surface area contributed by atoms with Gasteiger partial charge in [-0.2, -0.15) is 0 Å². The lowest BCUT2D eigenvalue weighted by Gasteiger charge is -2.41. The molecule has 0 aromatic heterocycles. The minimum Gasteiger partial charge on any atom is -0.493 e. The minimum absolute atomic E-state index is 0.0178. The van der Waals surface area contributed by atoms with Crippen LogP contribution in [0.4, 0.5) is 0 Å². The largest absolute Gasteiger partial charge is 0.493 e. The summed E-state index contributed by atoms with van der Waals surface area (Å²) in [7, 11) is 1.47. The molecule has 9 nitrogen and oxygen atoms in total. The van der Waals surface area contributed by atoms with Gasteiger partial charge in [0.15, 0.2) is 11.5 Å². The van der Waals surface area contributed by atoms with Gasteiger partial charge < -0.3 is 29.9 Å². The molecular formula is C29H40N2O7. The average molecular weight is 529 g/mol. The van der Waals surface area contributed by atoms with E-state index in [1.165, 1.54) is 7.11 Å². The third kappa shape index (κ3) is 5.59. The number of nitrogens with zero attached hydrogens (tertiary/aromatic N) is 1. The number of aliphatic hydroxyl groups excluding tert-OH is 2. The number of aliphatic hydroxyl groups is 2. The highest BCUT2D eigenvalue weighted by molar-refractivity contribution is 5.96. The van der Waals surface area contributed by atoms with Crippen molar-refractivity contribution in [1.29, 1.82) is 0 Å². The van der Waals surface area contributed by atoms with Crippen molar-refractivity contribution in [2.24, 2.45) is 5.92 Å². The van der Waals surface area contributed by atoms with Crippen LogP contribution in [0.3, 0.4) is 0 Å². The second-order valence-corrected chi connectivity index (χ2v) is 10.5. The quantitative estimate of drug-likeness (QED) is 0.281. The maximum Gasteiger partial charge on any atom is 0.247 e. The number of fused-ring (bicyclic) bond motifs is 3. The number of ether oxygens (including phenoxy) is 2. The highest BCUT2D eigenvalue weighted by Gasteiger charge is 2.51. The number of carbonyl (C=O) groups is 3. The summed E-state index contributed by atoms with van der Waals surface area (Å²) in [5.41, 5.74) is 1.29. The fourth-order valence-corrected chi connectivity index (χ4v) is 6.08. The van der Waals surface area contributed by atoms with E-state index < -0.39 is 30.1 Å². The van der Waals surface area contributed by atoms with E-state index in [0.717, 1.165) is 51.4 Å². The predicted molar refractivity (Wildman–Crippen MR) is 141 cm³/mol. The van der Waals surface area contributed by atoms with Gasteiger partial charge in [0, 0.05) is 35.7 Å². The first kappa shape index (κ1) is 28.1. The van der Waals surface area contributed by atoms with E-state index in [2.05, 4.69) is 12.2 Å². The summed E-state index contributed by atoms with van der Waals surface area (Å²) in [5, 5.41) is 23.7. The maximum absolute atomic E-state index is 13.7. The second-order valence-electron chi connectivity index (χ2n) is 10.5. The smallest absolute Gasteiger partial charge is 0.247 e. The summed E-state index contributed by atoms with van der Waals surface area (Å²) in [6, 6.07) is 2.47. The summed E-state index contributed by atoms with van der Waals surface area (Å²) in [6.45, 7) is 2.46. The second kappa shape index (κ2) is 12.8. The summed E-state index contributed by atoms with van der Waals surface area (Å²) in [4.78, 5) is 40.5. The van der Waals surface area contributed by atoms with E-state index in [-0.39, 0.29) is 25.0 Å². The highest BCUT2D eigenvalue weighted by Crippen LogP contribution is 2.51. The SMILES string of the molecule is CCCCCCN(C(=O)C1CCCC1)[C@@H]1C=C(C(=O)NCCO)[C@@H]2c3cc(C=O)cc(OC)c3O[C@@H]2[C@H]1O. The fourth-order valence-electron chi connectivity index (χ4n) is 6.08. The van der Waals surface area contributed by atoms with E-state index in [9.17, 15) is 24.6 Å². The molecule has 208 valence electrons. The van der Waals surface area contributed by atoms with Crippen LogP contribution < -0.4 is 14.8 Å². The van der Waals surface area contributed by atoms with E-state index in [4.69, 9.17) is 9.47 Å². The summed E-state index contributed by atoms with van der Waals surface area (Å²) in [6.07, 6.45) is 8.06. The summed E-state index contributed by atoms with van der Waals surface area (Å²) >= 11 is 0. The van der Waals surface area contributed by atoms with Gasteiger partial charge in [-0.3, -0.25) is 14.4 Å². The Kier molecular flexibility index (Phi) is 9.44. The molecule has 0 spiro atoms. The van der Waals surface area contributed by atoms with Crippen molar-refractivity contribution in [2.75, 3.05) is 26.8 Å². The normalized spacial score (nSPS) is 24.2. The molecule has 3 N–H and O–H groups in total. The molecule has 2 aliphatic carbocycles. The molecule has 3 aliphatic rings. The summed E-state index contributed by atoms with van der Waals surface area (Å²) < 4.78 is 11.7. The number of amides is 2. The lowest BCUT2D eigenvalue weighted by atomic mass is 9.77. The molecular weight excluding hydrogens is 488 g/mol. The van der Waals surface area contributed by atoms with Gasteiger partial charge in [0.05, 0.1) is 25.7 Å². The van der Waals surface area contributed by atoms with Gasteiger partial charge in [-0.15, -0.1) is 0 Å². The van der Waals surface area contributed by atoms with Crippen LogP contribution in [-0.2, 0) is 9.59 Å². The molecule has 1 aromatic rings. The average Bonchev–Trinajstić information content (AvgIpc) is 3.61. The van der Waals surface area contributed by atoms with Crippen molar-refractivity contribution in [3.05, 3.63) is 34.9 Å². The first-order chi connectivity index (χ1) is 18.4. The van der Waals surface area contributed by atoms with Crippen molar-refractivity contribution in [1.82, 2.24) is 10.2 Å². The van der Waals surface area contributed by atoms with Crippen LogP contribution in [0, 0.1) is 5.92 Å². The first-order valence-corrected chi connectivity index (χ1v) is 13.9. The predicted octanol–water partition coefficient (Wildman–Crippen LogP) is 2.73. The Balaban J connectivity index is 1.75. The minimum atomic E-state index is -1.09. The topological polar surface area (TPSA) is 125 Å². The molecule has 0 radical (unpaired) electrons. The Bertz CT molecular complexity index is 1050. The number of rotatable bonds is 12. The number of hydrogen-bond acceptors (Lipinski definition) is 7. The van der Waals surface area contributed by atoms with Crippen molar-refractivity contribution >= 4 is 18.1 Å². The van der Waals surface area contributed by atoms with E-state index in [1.54, 1.807) is 23.1 Å². The molecule has 1 fully saturated rings. The Labute approximate surface area is 224 Å². The molecule has 9 heteroatoms. The third-order valence-electron chi connectivity index (χ3n) is 8.01. The lowest BCUT2D eigenvalue weighted by molar-refractivity contribution is -0.141. The van der Waals surface area contributed by atoms with Crippen molar-refractivity contribution in [3.63, 3.8) is 0 Å². The number of methoxy groups -OCH3 is 1. The number of carbonyl (C=O) groups excluding carboxylic acids is 3. The van der Waals surface area contributed by atoms with Gasteiger partial charge in [0.2, 0.25) is 11.8 Å². The monoisotopic (exact) mass is 528 g/mol. The molecule has 4 rings (SSSR count). The number of unbranched alkanes of at least 4 members (excludes halogenated alkanes) is 3. The van der Waals surface area contributed by atoms with Crippen molar-refractivity contribution in [2.45, 2.75) is 82.5 Å². The Morgan fingerprint density at radius 2 is 1.97 bits per heavy atom. The van der Waals surface area contributed by atoms with Gasteiger partial charge in [0.25, 0.3) is 0 Å². The van der Waals surface area contributed by atoms with Crippen LogP contribution in [0.1, 0.15) is 80.1 Å². The zero-order valence-corrected chi connectivity index (χ0v) is 22.4. The molecule has 1 saturated carbocycles. The van der Waals surface area contributed by atoms with Gasteiger partial charge in [-0.05, 0) is 37.5 Å². The molecule has 1 heterocycles. The third-order valence-corrected chi connectivity index (χ3v) is 8.01. The highest BCUT2D eigenvalue weighted by atomic mass is 16.5. The maximum atomic E-state index is 13.7. The Morgan fingerprint density at radius 3 is 2.63 bits per heavy atom. The molecule has 0 bridgehead atoms. The molecule has 2 amide bonds. The number of benzene rings is 1. The molecule has 0 unspecified atom stereocenters. The molecule has 4 atom stereocenters. The van der Waals surface area contributed by atoms with E-state index in [1.807, 2.05) is 0 Å². The van der Waals surface area contributed by atoms with Crippen molar-refractivity contribution < 1.29 is 34.1 Å². The zero-order valence-electron chi connectivity index (χ0n) is 22.4. The Hall–Kier alpha value is -2.91. The summed E-state index contributed by atoms with van der Waals surface area (Å²) in [5.74, 6) is -0.404. The van der Waals surface area contributed by atoms with E-state index in [0.29, 0.717) is 41.0 Å². The van der Waals surface area contributed by atoms with Crippen LogP contribution in [0.2, 0.25) is 0 Å². The Morgan fingerprint density at radius 1 is 1.21 bits per heavy atom. The van der Waals surface area contributed by atoms with E-state index >= 15 is 0 Å². The van der Waals surface area contributed by atoms with Crippen LogP contribution in [0.15, 0.2) is 23.8 Å². The van der Waals surface area contributed by atoms with Crippen LogP contribution in [-0.4, -0.2) is 78.3 Å². The number of hydrogen-bond donors (Lipinski definition) is 3. The molecule has 1 aromatic carbocycles. The molecule has 38 heavy (non-hydrogen) atoms. The zero-order chi connectivity index (χ0) is 27.2. The van der Waals surface area contributed by atoms with Crippen molar-refractivity contribution in [3.8, 4) is 11.5 Å². The van der Waals surface area contributed by atoms with Gasteiger partial charge >= 0.3 is 0 Å². The number of nitrogens with one attached hydrogen (secondary N) is 1. The van der Waals surface area contributed by atoms with Gasteiger partial charge in [0.1, 0.15) is 18.5 Å². The standard InChI is InChI=1S/C29H40N2O7/c1-3-4-5-8-12-31(29(36)19-9-6-7-10-19)22-16-21(28(35)30-11-13-32)24-20-14-18(17-33)15-23(37-2)26(20)38-27(24)25(22)34/h14-17,19,22,24-25,27,32,34H,3-13H2,1-2H3,(H,30,35)/t22-,24+,25+,27+/m1/s1.